The van der Waals surface area contributed by atoms with Crippen LogP contribution in [0.4, 0.5) is 0 Å². The molecule has 2 aromatic heterocycles. The van der Waals surface area contributed by atoms with Crippen LogP contribution < -0.4 is 0 Å². The zero-order valence-corrected chi connectivity index (χ0v) is 11.4. The van der Waals surface area contributed by atoms with E-state index < -0.39 is 5.97 Å². The van der Waals surface area contributed by atoms with Gasteiger partial charge in [0.05, 0.1) is 5.56 Å². The van der Waals surface area contributed by atoms with Crippen LogP contribution in [0.25, 0.3) is 11.0 Å². The van der Waals surface area contributed by atoms with Crippen molar-refractivity contribution in [3.05, 3.63) is 23.5 Å². The topological polar surface area (TPSA) is 99.2 Å². The number of aromatic nitrogens is 3. The van der Waals surface area contributed by atoms with Gasteiger partial charge in [-0.05, 0) is 19.4 Å². The molecule has 2 N–H and O–H groups in total. The number of aliphatic carboxylic acids is 1. The second kappa shape index (κ2) is 5.68. The molecule has 0 spiro atoms. The number of carboxylic acids is 1. The van der Waals surface area contributed by atoms with E-state index in [1.807, 2.05) is 13.8 Å². The first-order valence-corrected chi connectivity index (χ1v) is 6.34. The Morgan fingerprint density at radius 3 is 2.85 bits per heavy atom. The monoisotopic (exact) mass is 276 g/mol. The Hall–Kier alpha value is -2.44. The van der Waals surface area contributed by atoms with Crippen LogP contribution in [0.5, 0.6) is 0 Å². The minimum absolute atomic E-state index is 0.310. The van der Waals surface area contributed by atoms with Crippen molar-refractivity contribution in [1.82, 2.24) is 20.1 Å². The number of nitrogens with zero attached hydrogens (tertiary/aromatic N) is 3. The molecule has 7 nitrogen and oxygen atoms in total. The summed E-state index contributed by atoms with van der Waals surface area (Å²) >= 11 is 0. The van der Waals surface area contributed by atoms with Crippen LogP contribution in [-0.4, -0.2) is 50.2 Å². The average molecular weight is 276 g/mol. The minimum Gasteiger partial charge on any atom is -0.480 e. The van der Waals surface area contributed by atoms with E-state index >= 15 is 0 Å². The summed E-state index contributed by atoms with van der Waals surface area (Å²) in [7, 11) is 0. The maximum Gasteiger partial charge on any atom is 0.323 e. The van der Waals surface area contributed by atoms with Gasteiger partial charge < -0.3 is 10.0 Å². The third-order valence-electron chi connectivity index (χ3n) is 2.95. The Morgan fingerprint density at radius 1 is 1.45 bits per heavy atom. The number of H-pyrrole nitrogens is 1. The lowest BCUT2D eigenvalue weighted by molar-refractivity contribution is -0.137. The van der Waals surface area contributed by atoms with Gasteiger partial charge in [-0.3, -0.25) is 14.7 Å². The Kier molecular flexibility index (Phi) is 3.97. The van der Waals surface area contributed by atoms with Crippen molar-refractivity contribution in [3.63, 3.8) is 0 Å². The summed E-state index contributed by atoms with van der Waals surface area (Å²) in [5.74, 6) is -1.36. The molecule has 106 valence electrons. The molecule has 20 heavy (non-hydrogen) atoms. The van der Waals surface area contributed by atoms with Gasteiger partial charge in [0.2, 0.25) is 0 Å². The number of carbonyl (C=O) groups is 2. The number of hydrogen-bond acceptors (Lipinski definition) is 4. The minimum atomic E-state index is -1.03. The normalized spacial score (nSPS) is 10.7. The largest absolute Gasteiger partial charge is 0.480 e. The van der Waals surface area contributed by atoms with Crippen molar-refractivity contribution in [2.24, 2.45) is 0 Å². The number of aromatic amines is 1. The van der Waals surface area contributed by atoms with Gasteiger partial charge in [-0.25, -0.2) is 4.98 Å². The number of pyridine rings is 1. The molecule has 0 atom stereocenters. The molecule has 0 fully saturated rings. The maximum atomic E-state index is 12.3. The molecular formula is C13H16N4O3. The molecule has 1 amide bonds. The molecule has 0 unspecified atom stereocenters. The predicted molar refractivity (Wildman–Crippen MR) is 72.5 cm³/mol. The third-order valence-corrected chi connectivity index (χ3v) is 2.95. The Morgan fingerprint density at radius 2 is 2.20 bits per heavy atom. The zero-order valence-electron chi connectivity index (χ0n) is 11.4. The first-order valence-electron chi connectivity index (χ1n) is 6.34. The van der Waals surface area contributed by atoms with Crippen molar-refractivity contribution in [2.45, 2.75) is 20.3 Å². The molecule has 0 aliphatic rings. The second-order valence-corrected chi connectivity index (χ2v) is 4.56. The predicted octanol–water partition coefficient (Wildman–Crippen LogP) is 1.20. The van der Waals surface area contributed by atoms with E-state index in [0.29, 0.717) is 24.2 Å². The van der Waals surface area contributed by atoms with Crippen LogP contribution in [-0.2, 0) is 4.79 Å². The molecule has 0 saturated carbocycles. The third kappa shape index (κ3) is 2.76. The van der Waals surface area contributed by atoms with E-state index in [4.69, 9.17) is 5.11 Å². The molecular weight excluding hydrogens is 260 g/mol. The standard InChI is InChI=1S/C13H16N4O3/c1-3-4-17(7-11(18)19)13(20)9-5-10-8(2)15-16-12(10)14-6-9/h5-6H,3-4,7H2,1-2H3,(H,18,19)(H,14,15,16). The van der Waals surface area contributed by atoms with E-state index in [1.54, 1.807) is 6.07 Å². The number of hydrogen-bond donors (Lipinski definition) is 2. The molecule has 2 aromatic rings. The number of rotatable bonds is 5. The SMILES string of the molecule is CCCN(CC(=O)O)C(=O)c1cnc2n[nH]c(C)c2c1. The Bertz CT molecular complexity index is 650. The fraction of sp³-hybridized carbons (Fsp3) is 0.385. The van der Waals surface area contributed by atoms with Crippen LogP contribution in [0.1, 0.15) is 29.4 Å². The van der Waals surface area contributed by atoms with Crippen molar-refractivity contribution in [1.29, 1.82) is 0 Å². The molecule has 0 saturated heterocycles. The zero-order chi connectivity index (χ0) is 14.7. The number of carbonyl (C=O) groups excluding carboxylic acids is 1. The molecule has 0 aromatic carbocycles. The Labute approximate surface area is 115 Å². The van der Waals surface area contributed by atoms with Crippen LogP contribution in [0, 0.1) is 6.92 Å². The van der Waals surface area contributed by atoms with Gasteiger partial charge >= 0.3 is 5.97 Å². The lowest BCUT2D eigenvalue weighted by Gasteiger charge is -2.19. The highest BCUT2D eigenvalue weighted by molar-refractivity contribution is 5.98. The summed E-state index contributed by atoms with van der Waals surface area (Å²) < 4.78 is 0. The van der Waals surface area contributed by atoms with Gasteiger partial charge in [0.1, 0.15) is 6.54 Å². The number of aryl methyl sites for hydroxylation is 1. The van der Waals surface area contributed by atoms with Crippen LogP contribution in [0.2, 0.25) is 0 Å². The fourth-order valence-electron chi connectivity index (χ4n) is 2.00. The van der Waals surface area contributed by atoms with Gasteiger partial charge in [-0.2, -0.15) is 5.10 Å². The highest BCUT2D eigenvalue weighted by Crippen LogP contribution is 2.15. The summed E-state index contributed by atoms with van der Waals surface area (Å²) in [6.07, 6.45) is 2.12. The Balaban J connectivity index is 2.32. The molecule has 0 aliphatic carbocycles. The van der Waals surface area contributed by atoms with E-state index in [1.165, 1.54) is 11.1 Å². The first-order chi connectivity index (χ1) is 9.52. The van der Waals surface area contributed by atoms with Crippen molar-refractivity contribution < 1.29 is 14.7 Å². The number of nitrogens with one attached hydrogen (secondary N) is 1. The summed E-state index contributed by atoms with van der Waals surface area (Å²) in [5.41, 5.74) is 1.73. The molecule has 2 rings (SSSR count). The average Bonchev–Trinajstić information content (AvgIpc) is 2.78. The fourth-order valence-corrected chi connectivity index (χ4v) is 2.00. The van der Waals surface area contributed by atoms with E-state index in [9.17, 15) is 9.59 Å². The summed E-state index contributed by atoms with van der Waals surface area (Å²) in [5, 5.41) is 16.4. The summed E-state index contributed by atoms with van der Waals surface area (Å²) in [6, 6.07) is 1.69. The summed E-state index contributed by atoms with van der Waals surface area (Å²) in [4.78, 5) is 28.6. The molecule has 0 aliphatic heterocycles. The van der Waals surface area contributed by atoms with Gasteiger partial charge in [-0.1, -0.05) is 6.92 Å². The van der Waals surface area contributed by atoms with Crippen LogP contribution in [0.15, 0.2) is 12.3 Å². The lowest BCUT2D eigenvalue weighted by atomic mass is 10.2. The van der Waals surface area contributed by atoms with Gasteiger partial charge in [-0.15, -0.1) is 0 Å². The van der Waals surface area contributed by atoms with Crippen LogP contribution in [0.3, 0.4) is 0 Å². The molecule has 0 bridgehead atoms. The highest BCUT2D eigenvalue weighted by atomic mass is 16.4. The van der Waals surface area contributed by atoms with E-state index in [-0.39, 0.29) is 12.5 Å². The van der Waals surface area contributed by atoms with Gasteiger partial charge in [0.15, 0.2) is 5.65 Å². The van der Waals surface area contributed by atoms with E-state index in [2.05, 4.69) is 15.2 Å². The van der Waals surface area contributed by atoms with Gasteiger partial charge in [0.25, 0.3) is 5.91 Å². The smallest absolute Gasteiger partial charge is 0.323 e. The van der Waals surface area contributed by atoms with E-state index in [0.717, 1.165) is 11.1 Å². The maximum absolute atomic E-state index is 12.3. The van der Waals surface area contributed by atoms with Crippen LogP contribution >= 0.6 is 0 Å². The number of fused-ring (bicyclic) bond motifs is 1. The second-order valence-electron chi connectivity index (χ2n) is 4.56. The van der Waals surface area contributed by atoms with Crippen molar-refractivity contribution in [3.8, 4) is 0 Å². The summed E-state index contributed by atoms with van der Waals surface area (Å²) in [6.45, 7) is 3.82. The molecule has 2 heterocycles. The highest BCUT2D eigenvalue weighted by Gasteiger charge is 2.19. The quantitative estimate of drug-likeness (QED) is 0.855. The number of amides is 1. The number of carboxylic acid groups (broad SMARTS) is 1. The van der Waals surface area contributed by atoms with Crippen molar-refractivity contribution >= 4 is 22.9 Å². The molecule has 0 radical (unpaired) electrons. The van der Waals surface area contributed by atoms with Gasteiger partial charge in [0, 0.05) is 23.8 Å². The first kappa shape index (κ1) is 14.0. The molecule has 7 heteroatoms. The van der Waals surface area contributed by atoms with Crippen molar-refractivity contribution in [2.75, 3.05) is 13.1 Å². The lowest BCUT2D eigenvalue weighted by Crippen LogP contribution is -2.36.